The summed E-state index contributed by atoms with van der Waals surface area (Å²) in [4.78, 5) is 24.7. The fraction of sp³-hybridized carbons (Fsp3) is 0.385. The Morgan fingerprint density at radius 1 is 1.38 bits per heavy atom. The van der Waals surface area contributed by atoms with Gasteiger partial charge < -0.3 is 10.0 Å². The van der Waals surface area contributed by atoms with Gasteiger partial charge in [0, 0.05) is 29.4 Å². The van der Waals surface area contributed by atoms with Crippen molar-refractivity contribution in [1.29, 1.82) is 0 Å². The van der Waals surface area contributed by atoms with E-state index in [-0.39, 0.29) is 22.9 Å². The first-order valence-corrected chi connectivity index (χ1v) is 8.90. The number of hydrogen-bond donors (Lipinski definition) is 1. The van der Waals surface area contributed by atoms with Crippen LogP contribution in [0.2, 0.25) is 0 Å². The third kappa shape index (κ3) is 3.44. The van der Waals surface area contributed by atoms with Crippen molar-refractivity contribution in [2.24, 2.45) is 5.92 Å². The fourth-order valence-corrected chi connectivity index (χ4v) is 4.14. The van der Waals surface area contributed by atoms with Crippen molar-refractivity contribution in [2.75, 3.05) is 19.3 Å². The van der Waals surface area contributed by atoms with Gasteiger partial charge in [0.15, 0.2) is 9.84 Å². The highest BCUT2D eigenvalue weighted by molar-refractivity contribution is 9.10. The van der Waals surface area contributed by atoms with E-state index in [0.29, 0.717) is 17.4 Å². The van der Waals surface area contributed by atoms with Gasteiger partial charge in [0.1, 0.15) is 0 Å². The summed E-state index contributed by atoms with van der Waals surface area (Å²) in [6, 6.07) is 4.35. The minimum absolute atomic E-state index is 0.0438. The third-order valence-corrected chi connectivity index (χ3v) is 5.49. The molecular formula is C13H14BrNO5S. The number of carbonyl (C=O) groups excluding carboxylic acids is 1. The maximum Gasteiger partial charge on any atom is 0.308 e. The van der Waals surface area contributed by atoms with Crippen molar-refractivity contribution in [3.63, 3.8) is 0 Å². The standard InChI is InChI=1S/C13H14BrNO5S/c1-21(19,20)11-6-8(2-3-10(11)14)12(16)15-5-4-9(7-15)13(17)18/h2-3,6,9H,4-5,7H2,1H3,(H,17,18)/t9-/m1/s1. The number of hydrogen-bond acceptors (Lipinski definition) is 4. The van der Waals surface area contributed by atoms with Crippen molar-refractivity contribution in [3.05, 3.63) is 28.2 Å². The highest BCUT2D eigenvalue weighted by Crippen LogP contribution is 2.25. The lowest BCUT2D eigenvalue weighted by molar-refractivity contribution is -0.141. The molecule has 114 valence electrons. The zero-order chi connectivity index (χ0) is 15.8. The second-order valence-electron chi connectivity index (χ2n) is 4.99. The molecule has 1 heterocycles. The smallest absolute Gasteiger partial charge is 0.308 e. The Morgan fingerprint density at radius 2 is 2.05 bits per heavy atom. The van der Waals surface area contributed by atoms with E-state index in [1.165, 1.54) is 23.1 Å². The van der Waals surface area contributed by atoms with Crippen LogP contribution in [0.15, 0.2) is 27.6 Å². The Hall–Kier alpha value is -1.41. The molecule has 0 aromatic heterocycles. The number of carbonyl (C=O) groups is 2. The number of amides is 1. The molecule has 1 aromatic carbocycles. The molecule has 1 fully saturated rings. The van der Waals surface area contributed by atoms with Crippen LogP contribution in [0, 0.1) is 5.92 Å². The third-order valence-electron chi connectivity index (χ3n) is 3.40. The molecule has 0 aliphatic carbocycles. The summed E-state index contributed by atoms with van der Waals surface area (Å²) >= 11 is 3.15. The second kappa shape index (κ2) is 5.76. The number of halogens is 1. The topological polar surface area (TPSA) is 91.8 Å². The minimum atomic E-state index is -3.45. The quantitative estimate of drug-likeness (QED) is 0.861. The molecule has 1 aliphatic rings. The normalized spacial score (nSPS) is 18.8. The number of aliphatic carboxylic acids is 1. The van der Waals surface area contributed by atoms with Gasteiger partial charge in [-0.1, -0.05) is 0 Å². The average molecular weight is 376 g/mol. The highest BCUT2D eigenvalue weighted by Gasteiger charge is 2.31. The molecule has 21 heavy (non-hydrogen) atoms. The predicted octanol–water partition coefficient (Wildman–Crippen LogP) is 1.40. The molecule has 1 aromatic rings. The number of likely N-dealkylation sites (tertiary alicyclic amines) is 1. The summed E-state index contributed by atoms with van der Waals surface area (Å²) in [5.41, 5.74) is 0.240. The van der Waals surface area contributed by atoms with E-state index in [0.717, 1.165) is 6.26 Å². The van der Waals surface area contributed by atoms with Crippen LogP contribution in [-0.2, 0) is 14.6 Å². The van der Waals surface area contributed by atoms with E-state index in [2.05, 4.69) is 15.9 Å². The molecule has 1 amide bonds. The van der Waals surface area contributed by atoms with E-state index in [1.54, 1.807) is 0 Å². The second-order valence-corrected chi connectivity index (χ2v) is 7.83. The largest absolute Gasteiger partial charge is 0.481 e. The Balaban J connectivity index is 2.27. The molecule has 0 spiro atoms. The Bertz CT molecular complexity index is 701. The number of rotatable bonds is 3. The lowest BCUT2D eigenvalue weighted by Crippen LogP contribution is -2.30. The zero-order valence-corrected chi connectivity index (χ0v) is 13.6. The van der Waals surface area contributed by atoms with Crippen molar-refractivity contribution >= 4 is 37.6 Å². The van der Waals surface area contributed by atoms with Gasteiger partial charge in [0.05, 0.1) is 10.8 Å². The fourth-order valence-electron chi connectivity index (χ4n) is 2.25. The first kappa shape index (κ1) is 16.0. The molecule has 2 rings (SSSR count). The van der Waals surface area contributed by atoms with Crippen molar-refractivity contribution in [3.8, 4) is 0 Å². The van der Waals surface area contributed by atoms with Crippen molar-refractivity contribution < 1.29 is 23.1 Å². The molecule has 0 saturated carbocycles. The Morgan fingerprint density at radius 3 is 2.57 bits per heavy atom. The summed E-state index contributed by atoms with van der Waals surface area (Å²) in [6.07, 6.45) is 1.48. The van der Waals surface area contributed by atoms with Gasteiger partial charge in [0.2, 0.25) is 0 Å². The number of carboxylic acids is 1. The van der Waals surface area contributed by atoms with Crippen LogP contribution in [0.25, 0.3) is 0 Å². The number of benzene rings is 1. The number of nitrogens with zero attached hydrogens (tertiary/aromatic N) is 1. The van der Waals surface area contributed by atoms with Crippen LogP contribution < -0.4 is 0 Å². The monoisotopic (exact) mass is 375 g/mol. The van der Waals surface area contributed by atoms with Gasteiger partial charge in [-0.15, -0.1) is 0 Å². The first-order valence-electron chi connectivity index (χ1n) is 6.22. The van der Waals surface area contributed by atoms with E-state index in [1.807, 2.05) is 0 Å². The summed E-state index contributed by atoms with van der Waals surface area (Å²) in [5.74, 6) is -1.83. The molecule has 6 nitrogen and oxygen atoms in total. The number of sulfone groups is 1. The summed E-state index contributed by atoms with van der Waals surface area (Å²) in [7, 11) is -3.45. The predicted molar refractivity (Wildman–Crippen MR) is 78.9 cm³/mol. The van der Waals surface area contributed by atoms with E-state index in [4.69, 9.17) is 5.11 Å². The zero-order valence-electron chi connectivity index (χ0n) is 11.2. The summed E-state index contributed by atoms with van der Waals surface area (Å²) in [6.45, 7) is 0.512. The molecule has 1 aliphatic heterocycles. The van der Waals surface area contributed by atoms with Crippen LogP contribution in [-0.4, -0.2) is 49.6 Å². The van der Waals surface area contributed by atoms with Crippen molar-refractivity contribution in [1.82, 2.24) is 4.90 Å². The molecule has 0 bridgehead atoms. The first-order chi connectivity index (χ1) is 9.70. The Labute approximate surface area is 130 Å². The van der Waals surface area contributed by atoms with Gasteiger partial charge >= 0.3 is 5.97 Å². The molecule has 1 N–H and O–H groups in total. The van der Waals surface area contributed by atoms with Gasteiger partial charge in [-0.2, -0.15) is 0 Å². The maximum atomic E-state index is 12.3. The Kier molecular flexibility index (Phi) is 4.38. The maximum absolute atomic E-state index is 12.3. The summed E-state index contributed by atoms with van der Waals surface area (Å²) in [5, 5.41) is 8.95. The SMILES string of the molecule is CS(=O)(=O)c1cc(C(=O)N2CC[C@@H](C(=O)O)C2)ccc1Br. The van der Waals surface area contributed by atoms with E-state index < -0.39 is 21.7 Å². The number of carboxylic acid groups (broad SMARTS) is 1. The van der Waals surface area contributed by atoms with Crippen LogP contribution >= 0.6 is 15.9 Å². The van der Waals surface area contributed by atoms with E-state index in [9.17, 15) is 18.0 Å². The lowest BCUT2D eigenvalue weighted by Gasteiger charge is -2.16. The molecule has 8 heteroatoms. The highest BCUT2D eigenvalue weighted by atomic mass is 79.9. The van der Waals surface area contributed by atoms with Gasteiger partial charge in [-0.3, -0.25) is 9.59 Å². The lowest BCUT2D eigenvalue weighted by atomic mass is 10.1. The summed E-state index contributed by atoms with van der Waals surface area (Å²) < 4.78 is 23.7. The van der Waals surface area contributed by atoms with Gasteiger partial charge in [-0.05, 0) is 40.5 Å². The van der Waals surface area contributed by atoms with Crippen LogP contribution in [0.4, 0.5) is 0 Å². The van der Waals surface area contributed by atoms with Gasteiger partial charge in [0.25, 0.3) is 5.91 Å². The van der Waals surface area contributed by atoms with Crippen molar-refractivity contribution in [2.45, 2.75) is 11.3 Å². The molecule has 0 unspecified atom stereocenters. The average Bonchev–Trinajstić information content (AvgIpc) is 2.86. The van der Waals surface area contributed by atoms with Crippen LogP contribution in [0.3, 0.4) is 0 Å². The molecule has 1 saturated heterocycles. The molecular weight excluding hydrogens is 362 g/mol. The van der Waals surface area contributed by atoms with E-state index >= 15 is 0 Å². The van der Waals surface area contributed by atoms with Gasteiger partial charge in [-0.25, -0.2) is 8.42 Å². The molecule has 0 radical (unpaired) electrons. The minimum Gasteiger partial charge on any atom is -0.481 e. The van der Waals surface area contributed by atoms with Crippen LogP contribution in [0.1, 0.15) is 16.8 Å². The molecule has 1 atom stereocenters. The van der Waals surface area contributed by atoms with Crippen LogP contribution in [0.5, 0.6) is 0 Å².